The number of aryl methyl sites for hydroxylation is 1. The van der Waals surface area contributed by atoms with Crippen LogP contribution in [-0.2, 0) is 11.3 Å². The Morgan fingerprint density at radius 2 is 2.13 bits per heavy atom. The topological polar surface area (TPSA) is 104 Å². The predicted octanol–water partition coefficient (Wildman–Crippen LogP) is 0.00262. The first-order valence-electron chi connectivity index (χ1n) is 4.56. The molecule has 0 saturated carbocycles. The van der Waals surface area contributed by atoms with Gasteiger partial charge in [0, 0.05) is 6.61 Å². The maximum absolute atomic E-state index is 11.0. The summed E-state index contributed by atoms with van der Waals surface area (Å²) in [5.74, 6) is -0.0606. The highest BCUT2D eigenvalue weighted by Crippen LogP contribution is 2.12. The van der Waals surface area contributed by atoms with Crippen molar-refractivity contribution >= 4 is 11.7 Å². The number of anilines is 1. The van der Waals surface area contributed by atoms with E-state index < -0.39 is 5.91 Å². The SMILES string of the molecule is CCOCc1nc(C)c(C(N)=O)c(N)n1. The van der Waals surface area contributed by atoms with Crippen molar-refractivity contribution in [2.24, 2.45) is 5.73 Å². The predicted molar refractivity (Wildman–Crippen MR) is 55.0 cm³/mol. The molecule has 1 heterocycles. The summed E-state index contributed by atoms with van der Waals surface area (Å²) in [5.41, 5.74) is 11.4. The van der Waals surface area contributed by atoms with Crippen LogP contribution in [0.15, 0.2) is 0 Å². The van der Waals surface area contributed by atoms with E-state index >= 15 is 0 Å². The Bertz CT molecular complexity index is 355. The molecule has 6 heteroatoms. The number of nitrogen functional groups attached to an aromatic ring is 1. The van der Waals surface area contributed by atoms with Gasteiger partial charge < -0.3 is 16.2 Å². The third-order valence-corrected chi connectivity index (χ3v) is 1.85. The molecule has 4 N–H and O–H groups in total. The number of nitrogens with two attached hydrogens (primary N) is 2. The summed E-state index contributed by atoms with van der Waals surface area (Å²) >= 11 is 0. The van der Waals surface area contributed by atoms with Gasteiger partial charge in [-0.05, 0) is 13.8 Å². The van der Waals surface area contributed by atoms with E-state index in [-0.39, 0.29) is 18.0 Å². The van der Waals surface area contributed by atoms with Crippen LogP contribution >= 0.6 is 0 Å². The smallest absolute Gasteiger partial charge is 0.254 e. The van der Waals surface area contributed by atoms with Crippen molar-refractivity contribution in [1.29, 1.82) is 0 Å². The number of nitrogens with zero attached hydrogens (tertiary/aromatic N) is 2. The van der Waals surface area contributed by atoms with Crippen molar-refractivity contribution < 1.29 is 9.53 Å². The average Bonchev–Trinajstić information content (AvgIpc) is 2.12. The van der Waals surface area contributed by atoms with E-state index in [0.29, 0.717) is 18.1 Å². The summed E-state index contributed by atoms with van der Waals surface area (Å²) in [6, 6.07) is 0. The first-order chi connectivity index (χ1) is 7.06. The van der Waals surface area contributed by atoms with Crippen molar-refractivity contribution in [3.05, 3.63) is 17.1 Å². The van der Waals surface area contributed by atoms with Gasteiger partial charge in [-0.2, -0.15) is 0 Å². The molecule has 0 aliphatic heterocycles. The standard InChI is InChI=1S/C9H14N4O2/c1-3-15-4-6-12-5(2)7(9(11)14)8(10)13-6/h3-4H2,1-2H3,(H2,11,14)(H2,10,12,13). The number of primary amides is 1. The van der Waals surface area contributed by atoms with E-state index in [9.17, 15) is 4.79 Å². The highest BCUT2D eigenvalue weighted by atomic mass is 16.5. The van der Waals surface area contributed by atoms with Crippen LogP contribution in [0.25, 0.3) is 0 Å². The Morgan fingerprint density at radius 3 is 2.60 bits per heavy atom. The van der Waals surface area contributed by atoms with Gasteiger partial charge >= 0.3 is 0 Å². The maximum atomic E-state index is 11.0. The lowest BCUT2D eigenvalue weighted by atomic mass is 10.2. The first kappa shape index (κ1) is 11.4. The molecule has 82 valence electrons. The largest absolute Gasteiger partial charge is 0.383 e. The Kier molecular flexibility index (Phi) is 3.56. The first-order valence-corrected chi connectivity index (χ1v) is 4.56. The molecular formula is C9H14N4O2. The summed E-state index contributed by atoms with van der Waals surface area (Å²) in [5, 5.41) is 0. The maximum Gasteiger partial charge on any atom is 0.254 e. The van der Waals surface area contributed by atoms with Crippen LogP contribution in [0.3, 0.4) is 0 Å². The molecule has 0 aromatic carbocycles. The van der Waals surface area contributed by atoms with Gasteiger partial charge in [0.15, 0.2) is 5.82 Å². The molecule has 0 fully saturated rings. The second-order valence-electron chi connectivity index (χ2n) is 2.99. The molecule has 0 saturated heterocycles. The number of amides is 1. The zero-order valence-corrected chi connectivity index (χ0v) is 8.78. The molecule has 0 bridgehead atoms. The molecule has 0 radical (unpaired) electrons. The van der Waals surface area contributed by atoms with E-state index in [1.807, 2.05) is 6.92 Å². The number of carbonyl (C=O) groups excluding carboxylic acids is 1. The van der Waals surface area contributed by atoms with Crippen molar-refractivity contribution in [1.82, 2.24) is 9.97 Å². The molecule has 1 rings (SSSR count). The van der Waals surface area contributed by atoms with Gasteiger partial charge in [-0.15, -0.1) is 0 Å². The lowest BCUT2D eigenvalue weighted by Gasteiger charge is -2.07. The summed E-state index contributed by atoms with van der Waals surface area (Å²) in [4.78, 5) is 19.0. The summed E-state index contributed by atoms with van der Waals surface area (Å²) < 4.78 is 5.13. The van der Waals surface area contributed by atoms with E-state index in [4.69, 9.17) is 16.2 Å². The van der Waals surface area contributed by atoms with Gasteiger partial charge in [-0.1, -0.05) is 0 Å². The van der Waals surface area contributed by atoms with Gasteiger partial charge in [0.2, 0.25) is 0 Å². The minimum Gasteiger partial charge on any atom is -0.383 e. The third-order valence-electron chi connectivity index (χ3n) is 1.85. The minimum atomic E-state index is -0.618. The summed E-state index contributed by atoms with van der Waals surface area (Å²) in [6.45, 7) is 4.38. The van der Waals surface area contributed by atoms with Crippen LogP contribution in [0, 0.1) is 6.92 Å². The fourth-order valence-electron chi connectivity index (χ4n) is 1.22. The third kappa shape index (κ3) is 2.63. The number of hydrogen-bond donors (Lipinski definition) is 2. The average molecular weight is 210 g/mol. The van der Waals surface area contributed by atoms with Crippen LogP contribution in [0.2, 0.25) is 0 Å². The van der Waals surface area contributed by atoms with Crippen molar-refractivity contribution in [3.63, 3.8) is 0 Å². The Labute approximate surface area is 87.7 Å². The highest BCUT2D eigenvalue weighted by Gasteiger charge is 2.13. The molecule has 1 aromatic rings. The van der Waals surface area contributed by atoms with Crippen molar-refractivity contribution in [2.75, 3.05) is 12.3 Å². The molecule has 0 unspecified atom stereocenters. The quantitative estimate of drug-likeness (QED) is 0.728. The second-order valence-corrected chi connectivity index (χ2v) is 2.99. The van der Waals surface area contributed by atoms with Gasteiger partial charge in [0.1, 0.15) is 18.0 Å². The van der Waals surface area contributed by atoms with E-state index in [0.717, 1.165) is 0 Å². The molecular weight excluding hydrogens is 196 g/mol. The lowest BCUT2D eigenvalue weighted by Crippen LogP contribution is -2.18. The fourth-order valence-corrected chi connectivity index (χ4v) is 1.22. The van der Waals surface area contributed by atoms with E-state index in [2.05, 4.69) is 9.97 Å². The van der Waals surface area contributed by atoms with Crippen LogP contribution < -0.4 is 11.5 Å². The molecule has 15 heavy (non-hydrogen) atoms. The summed E-state index contributed by atoms with van der Waals surface area (Å²) in [7, 11) is 0. The van der Waals surface area contributed by atoms with Gasteiger partial charge in [-0.3, -0.25) is 4.79 Å². The molecule has 0 aliphatic rings. The van der Waals surface area contributed by atoms with Gasteiger partial charge in [-0.25, -0.2) is 9.97 Å². The number of rotatable bonds is 4. The fraction of sp³-hybridized carbons (Fsp3) is 0.444. The Hall–Kier alpha value is -1.69. The van der Waals surface area contributed by atoms with E-state index in [1.54, 1.807) is 6.92 Å². The second kappa shape index (κ2) is 4.70. The van der Waals surface area contributed by atoms with Crippen LogP contribution in [0.5, 0.6) is 0 Å². The molecule has 0 aliphatic carbocycles. The lowest BCUT2D eigenvalue weighted by molar-refractivity contribution is 0.0999. The minimum absolute atomic E-state index is 0.102. The normalized spacial score (nSPS) is 10.3. The molecule has 0 spiro atoms. The van der Waals surface area contributed by atoms with Crippen LogP contribution in [0.1, 0.15) is 28.8 Å². The zero-order valence-electron chi connectivity index (χ0n) is 8.78. The zero-order chi connectivity index (χ0) is 11.4. The number of aromatic nitrogens is 2. The molecule has 1 aromatic heterocycles. The van der Waals surface area contributed by atoms with Gasteiger partial charge in [0.05, 0.1) is 5.69 Å². The number of ether oxygens (including phenoxy) is 1. The monoisotopic (exact) mass is 210 g/mol. The van der Waals surface area contributed by atoms with E-state index in [1.165, 1.54) is 0 Å². The molecule has 0 atom stereocenters. The van der Waals surface area contributed by atoms with Crippen molar-refractivity contribution in [2.45, 2.75) is 20.5 Å². The van der Waals surface area contributed by atoms with Crippen LogP contribution in [-0.4, -0.2) is 22.5 Å². The van der Waals surface area contributed by atoms with Gasteiger partial charge in [0.25, 0.3) is 5.91 Å². The molecule has 1 amide bonds. The Morgan fingerprint density at radius 1 is 1.47 bits per heavy atom. The van der Waals surface area contributed by atoms with Crippen molar-refractivity contribution in [3.8, 4) is 0 Å². The summed E-state index contributed by atoms with van der Waals surface area (Å²) in [6.07, 6.45) is 0. The number of hydrogen-bond acceptors (Lipinski definition) is 5. The Balaban J connectivity index is 3.03. The number of carbonyl (C=O) groups is 1. The van der Waals surface area contributed by atoms with Crippen LogP contribution in [0.4, 0.5) is 5.82 Å². The molecule has 6 nitrogen and oxygen atoms in total. The highest BCUT2D eigenvalue weighted by molar-refractivity contribution is 5.98.